The molecule has 0 aromatic rings. The highest BCUT2D eigenvalue weighted by atomic mass is 16.5. The van der Waals surface area contributed by atoms with Gasteiger partial charge >= 0.3 is 5.97 Å². The van der Waals surface area contributed by atoms with Gasteiger partial charge in [0.25, 0.3) is 0 Å². The zero-order chi connectivity index (χ0) is 12.9. The first-order valence-corrected chi connectivity index (χ1v) is 5.81. The molecular weight excluding hydrogens is 224 g/mol. The number of hydrogen-bond donors (Lipinski definition) is 0. The summed E-state index contributed by atoms with van der Waals surface area (Å²) in [4.78, 5) is 21.4. The molecule has 0 rings (SSSR count). The third kappa shape index (κ3) is 9.96. The van der Waals surface area contributed by atoms with Crippen molar-refractivity contribution in [2.24, 2.45) is 5.92 Å². The molecule has 0 fully saturated rings. The van der Waals surface area contributed by atoms with Crippen LogP contribution in [-0.4, -0.2) is 46.3 Å². The van der Waals surface area contributed by atoms with Gasteiger partial charge in [-0.3, -0.25) is 4.79 Å². The number of ether oxygens (including phenoxy) is 3. The highest BCUT2D eigenvalue weighted by Gasteiger charge is 2.11. The van der Waals surface area contributed by atoms with Gasteiger partial charge in [0.1, 0.15) is 6.29 Å². The summed E-state index contributed by atoms with van der Waals surface area (Å²) in [5.74, 6) is -0.0969. The Balaban J connectivity index is 3.69. The third-order valence-corrected chi connectivity index (χ3v) is 2.32. The van der Waals surface area contributed by atoms with Crippen molar-refractivity contribution >= 4 is 12.3 Å². The summed E-state index contributed by atoms with van der Waals surface area (Å²) in [7, 11) is 3.25. The molecule has 0 saturated heterocycles. The molecule has 1 unspecified atom stereocenters. The van der Waals surface area contributed by atoms with E-state index in [1.165, 1.54) is 0 Å². The first-order chi connectivity index (χ1) is 8.24. The normalized spacial score (nSPS) is 12.1. The van der Waals surface area contributed by atoms with E-state index in [-0.39, 0.29) is 11.9 Å². The van der Waals surface area contributed by atoms with Crippen LogP contribution < -0.4 is 0 Å². The molecule has 0 aromatic carbocycles. The fourth-order valence-corrected chi connectivity index (χ4v) is 1.35. The van der Waals surface area contributed by atoms with E-state index in [0.29, 0.717) is 39.1 Å². The van der Waals surface area contributed by atoms with E-state index in [0.717, 1.165) is 12.7 Å². The zero-order valence-corrected chi connectivity index (χ0v) is 10.6. The van der Waals surface area contributed by atoms with Crippen LogP contribution in [0.4, 0.5) is 0 Å². The Morgan fingerprint density at radius 1 is 1.24 bits per heavy atom. The Kier molecular flexibility index (Phi) is 10.9. The largest absolute Gasteiger partial charge is 0.465 e. The number of methoxy groups -OCH3 is 2. The second-order valence-corrected chi connectivity index (χ2v) is 3.84. The quantitative estimate of drug-likeness (QED) is 0.311. The summed E-state index contributed by atoms with van der Waals surface area (Å²) >= 11 is 0. The number of carbonyl (C=O) groups is 2. The molecule has 1 atom stereocenters. The summed E-state index contributed by atoms with van der Waals surface area (Å²) in [5, 5.41) is 0. The molecular formula is C12H22O5. The lowest BCUT2D eigenvalue weighted by Gasteiger charge is -2.15. The van der Waals surface area contributed by atoms with Gasteiger partial charge in [0.15, 0.2) is 0 Å². The van der Waals surface area contributed by atoms with Crippen LogP contribution in [0.1, 0.15) is 25.7 Å². The SMILES string of the molecule is COCCC(COC)COC(=O)CCCC=O. The Morgan fingerprint density at radius 2 is 2.00 bits per heavy atom. The molecule has 0 aliphatic rings. The lowest BCUT2D eigenvalue weighted by molar-refractivity contribution is -0.145. The van der Waals surface area contributed by atoms with Gasteiger partial charge in [0.2, 0.25) is 0 Å². The number of aldehydes is 1. The monoisotopic (exact) mass is 246 g/mol. The second kappa shape index (κ2) is 11.5. The van der Waals surface area contributed by atoms with Crippen LogP contribution in [0.15, 0.2) is 0 Å². The van der Waals surface area contributed by atoms with Gasteiger partial charge in [-0.15, -0.1) is 0 Å². The summed E-state index contributed by atoms with van der Waals surface area (Å²) in [5.41, 5.74) is 0. The smallest absolute Gasteiger partial charge is 0.305 e. The van der Waals surface area contributed by atoms with E-state index in [2.05, 4.69) is 0 Å². The molecule has 0 bridgehead atoms. The average Bonchev–Trinajstić information content (AvgIpc) is 2.33. The van der Waals surface area contributed by atoms with Crippen LogP contribution in [0.5, 0.6) is 0 Å². The van der Waals surface area contributed by atoms with E-state index in [1.54, 1.807) is 14.2 Å². The first-order valence-electron chi connectivity index (χ1n) is 5.81. The lowest BCUT2D eigenvalue weighted by Crippen LogP contribution is -2.19. The molecule has 17 heavy (non-hydrogen) atoms. The Morgan fingerprint density at radius 3 is 2.59 bits per heavy atom. The van der Waals surface area contributed by atoms with Crippen LogP contribution in [0.2, 0.25) is 0 Å². The molecule has 100 valence electrons. The van der Waals surface area contributed by atoms with E-state index in [4.69, 9.17) is 14.2 Å². The number of hydrogen-bond acceptors (Lipinski definition) is 5. The molecule has 0 amide bonds. The van der Waals surface area contributed by atoms with E-state index in [1.807, 2.05) is 0 Å². The minimum atomic E-state index is -0.259. The summed E-state index contributed by atoms with van der Waals surface area (Å²) in [6.45, 7) is 1.51. The molecule has 0 saturated carbocycles. The Labute approximate surface area is 102 Å². The van der Waals surface area contributed by atoms with Crippen molar-refractivity contribution in [3.05, 3.63) is 0 Å². The van der Waals surface area contributed by atoms with Crippen molar-refractivity contribution in [2.45, 2.75) is 25.7 Å². The van der Waals surface area contributed by atoms with Crippen LogP contribution in [0.25, 0.3) is 0 Å². The molecule has 0 aromatic heterocycles. The molecule has 5 nitrogen and oxygen atoms in total. The van der Waals surface area contributed by atoms with Crippen LogP contribution >= 0.6 is 0 Å². The van der Waals surface area contributed by atoms with Crippen LogP contribution in [0, 0.1) is 5.92 Å². The predicted molar refractivity (Wildman–Crippen MR) is 62.7 cm³/mol. The van der Waals surface area contributed by atoms with Crippen molar-refractivity contribution in [3.8, 4) is 0 Å². The number of carbonyl (C=O) groups excluding carboxylic acids is 2. The lowest BCUT2D eigenvalue weighted by atomic mass is 10.1. The highest BCUT2D eigenvalue weighted by Crippen LogP contribution is 2.06. The molecule has 0 aliphatic carbocycles. The van der Waals surface area contributed by atoms with Crippen LogP contribution in [-0.2, 0) is 23.8 Å². The molecule has 0 spiro atoms. The van der Waals surface area contributed by atoms with E-state index in [9.17, 15) is 9.59 Å². The average molecular weight is 246 g/mol. The second-order valence-electron chi connectivity index (χ2n) is 3.84. The maximum Gasteiger partial charge on any atom is 0.305 e. The predicted octanol–water partition coefficient (Wildman–Crippen LogP) is 1.20. The third-order valence-electron chi connectivity index (χ3n) is 2.32. The van der Waals surface area contributed by atoms with Crippen molar-refractivity contribution < 1.29 is 23.8 Å². The maximum absolute atomic E-state index is 11.3. The zero-order valence-electron chi connectivity index (χ0n) is 10.6. The van der Waals surface area contributed by atoms with Crippen molar-refractivity contribution in [1.29, 1.82) is 0 Å². The summed E-state index contributed by atoms with van der Waals surface area (Å²) in [6.07, 6.45) is 2.85. The van der Waals surface area contributed by atoms with Gasteiger partial charge in [-0.05, 0) is 12.8 Å². The minimum absolute atomic E-state index is 0.162. The fraction of sp³-hybridized carbons (Fsp3) is 0.833. The van der Waals surface area contributed by atoms with Gasteiger partial charge in [0.05, 0.1) is 13.2 Å². The van der Waals surface area contributed by atoms with Gasteiger partial charge < -0.3 is 19.0 Å². The fourth-order valence-electron chi connectivity index (χ4n) is 1.35. The van der Waals surface area contributed by atoms with Crippen molar-refractivity contribution in [2.75, 3.05) is 34.0 Å². The topological polar surface area (TPSA) is 61.8 Å². The van der Waals surface area contributed by atoms with Crippen molar-refractivity contribution in [3.63, 3.8) is 0 Å². The molecule has 0 heterocycles. The van der Waals surface area contributed by atoms with E-state index >= 15 is 0 Å². The summed E-state index contributed by atoms with van der Waals surface area (Å²) < 4.78 is 15.1. The van der Waals surface area contributed by atoms with E-state index < -0.39 is 0 Å². The first kappa shape index (κ1) is 16.1. The number of rotatable bonds is 11. The van der Waals surface area contributed by atoms with Gasteiger partial charge in [-0.1, -0.05) is 0 Å². The molecule has 5 heteroatoms. The van der Waals surface area contributed by atoms with Gasteiger partial charge in [0, 0.05) is 39.6 Å². The maximum atomic E-state index is 11.3. The summed E-state index contributed by atoms with van der Waals surface area (Å²) in [6, 6.07) is 0. The number of esters is 1. The minimum Gasteiger partial charge on any atom is -0.465 e. The highest BCUT2D eigenvalue weighted by molar-refractivity contribution is 5.69. The molecule has 0 N–H and O–H groups in total. The van der Waals surface area contributed by atoms with Crippen LogP contribution in [0.3, 0.4) is 0 Å². The van der Waals surface area contributed by atoms with Gasteiger partial charge in [-0.25, -0.2) is 0 Å². The number of unbranched alkanes of at least 4 members (excludes halogenated alkanes) is 1. The molecule has 0 aliphatic heterocycles. The Hall–Kier alpha value is -0.940. The standard InChI is InChI=1S/C12H22O5/c1-15-8-6-11(9-16-2)10-17-12(14)5-3-4-7-13/h7,11H,3-6,8-10H2,1-2H3. The molecule has 0 radical (unpaired) electrons. The van der Waals surface area contributed by atoms with Gasteiger partial charge in [-0.2, -0.15) is 0 Å². The van der Waals surface area contributed by atoms with Crippen molar-refractivity contribution in [1.82, 2.24) is 0 Å². The Bertz CT molecular complexity index is 205.